The molecule has 2 heterocycles. The molecule has 0 atom stereocenters. The van der Waals surface area contributed by atoms with E-state index in [0.29, 0.717) is 43.4 Å². The Morgan fingerprint density at radius 2 is 1.88 bits per heavy atom. The van der Waals surface area contributed by atoms with E-state index in [-0.39, 0.29) is 5.78 Å². The molecule has 1 N–H and O–H groups in total. The second-order valence-electron chi connectivity index (χ2n) is 8.98. The van der Waals surface area contributed by atoms with Crippen molar-refractivity contribution in [2.45, 2.75) is 57.9 Å². The number of carbonyl (C=O) groups excluding carboxylic acids is 1. The summed E-state index contributed by atoms with van der Waals surface area (Å²) in [5.41, 5.74) is 1.36. The predicted octanol–water partition coefficient (Wildman–Crippen LogP) is 5.75. The van der Waals surface area contributed by atoms with Gasteiger partial charge in [-0.25, -0.2) is 4.98 Å². The number of hydrogen-bond donors (Lipinski definition) is 1. The monoisotopic (exact) mass is 529 g/mol. The minimum absolute atomic E-state index is 0.0658. The highest BCUT2D eigenvalue weighted by Gasteiger charge is 2.23. The highest BCUT2D eigenvalue weighted by molar-refractivity contribution is 9.10. The van der Waals surface area contributed by atoms with E-state index >= 15 is 0 Å². The molecule has 1 saturated carbocycles. The number of Topliss-reactive ketones (excluding diaryl/α,β-unsaturated/α-hetero) is 1. The van der Waals surface area contributed by atoms with Crippen LogP contribution in [0.15, 0.2) is 41.0 Å². The van der Waals surface area contributed by atoms with Gasteiger partial charge in [-0.2, -0.15) is 5.10 Å². The number of aliphatic hydroxyl groups is 1. The summed E-state index contributed by atoms with van der Waals surface area (Å²) in [4.78, 5) is 15.6. The van der Waals surface area contributed by atoms with Gasteiger partial charge in [0, 0.05) is 37.2 Å². The molecule has 2 aromatic heterocycles. The number of halogens is 1. The molecule has 0 bridgehead atoms. The Labute approximate surface area is 208 Å². The van der Waals surface area contributed by atoms with Gasteiger partial charge in [-0.3, -0.25) is 9.48 Å². The molecule has 182 valence electrons. The van der Waals surface area contributed by atoms with Crippen LogP contribution in [0.25, 0.3) is 10.9 Å². The fraction of sp³-hybridized carbons (Fsp3) is 0.500. The maximum absolute atomic E-state index is 11.4. The predicted molar refractivity (Wildman–Crippen MR) is 135 cm³/mol. The highest BCUT2D eigenvalue weighted by Crippen LogP contribution is 2.34. The average Bonchev–Trinajstić information content (AvgIpc) is 3.26. The number of ketones is 1. The van der Waals surface area contributed by atoms with Gasteiger partial charge >= 0.3 is 0 Å². The van der Waals surface area contributed by atoms with Crippen LogP contribution < -0.4 is 9.47 Å². The first-order valence-electron chi connectivity index (χ1n) is 12.1. The third kappa shape index (κ3) is 6.36. The van der Waals surface area contributed by atoms with E-state index in [9.17, 15) is 9.90 Å². The normalized spacial score (nSPS) is 18.2. The van der Waals surface area contributed by atoms with E-state index in [1.54, 1.807) is 18.2 Å². The second-order valence-corrected chi connectivity index (χ2v) is 9.84. The van der Waals surface area contributed by atoms with Crippen molar-refractivity contribution in [2.24, 2.45) is 5.92 Å². The smallest absolute Gasteiger partial charge is 0.213 e. The molecule has 0 amide bonds. The minimum Gasteiger partial charge on any atom is -0.492 e. The zero-order valence-electron chi connectivity index (χ0n) is 19.6. The van der Waals surface area contributed by atoms with Crippen LogP contribution in [0, 0.1) is 5.92 Å². The molecule has 34 heavy (non-hydrogen) atoms. The van der Waals surface area contributed by atoms with Crippen LogP contribution in [-0.2, 0) is 0 Å². The zero-order valence-corrected chi connectivity index (χ0v) is 21.2. The van der Waals surface area contributed by atoms with E-state index in [1.165, 1.54) is 6.92 Å². The lowest BCUT2D eigenvalue weighted by atomic mass is 9.87. The van der Waals surface area contributed by atoms with Crippen LogP contribution in [-0.4, -0.2) is 45.5 Å². The highest BCUT2D eigenvalue weighted by atomic mass is 79.9. The molecule has 0 spiro atoms. The fourth-order valence-corrected chi connectivity index (χ4v) is 4.84. The molecule has 4 rings (SSSR count). The molecule has 7 nitrogen and oxygen atoms in total. The molecule has 1 aliphatic rings. The third-order valence-corrected chi connectivity index (χ3v) is 7.02. The summed E-state index contributed by atoms with van der Waals surface area (Å²) in [6.45, 7) is 2.97. The van der Waals surface area contributed by atoms with E-state index in [0.717, 1.165) is 66.1 Å². The van der Waals surface area contributed by atoms with Gasteiger partial charge < -0.3 is 14.6 Å². The number of rotatable bonds is 11. The number of aromatic nitrogens is 3. The molecule has 1 fully saturated rings. The minimum atomic E-state index is -0.0658. The summed E-state index contributed by atoms with van der Waals surface area (Å²) in [5, 5.41) is 15.3. The number of benzene rings is 1. The summed E-state index contributed by atoms with van der Waals surface area (Å²) in [7, 11) is 0. The summed E-state index contributed by atoms with van der Waals surface area (Å²) in [5.74, 6) is 1.67. The first-order chi connectivity index (χ1) is 16.5. The number of nitrogens with zero attached hydrogens (tertiary/aromatic N) is 3. The van der Waals surface area contributed by atoms with Crippen molar-refractivity contribution in [2.75, 3.05) is 19.8 Å². The van der Waals surface area contributed by atoms with Crippen molar-refractivity contribution < 1.29 is 19.4 Å². The second kappa shape index (κ2) is 11.8. The Morgan fingerprint density at radius 3 is 2.62 bits per heavy atom. The Morgan fingerprint density at radius 1 is 1.12 bits per heavy atom. The van der Waals surface area contributed by atoms with Crippen molar-refractivity contribution in [3.8, 4) is 11.6 Å². The van der Waals surface area contributed by atoms with Gasteiger partial charge in [0.25, 0.3) is 0 Å². The maximum Gasteiger partial charge on any atom is 0.213 e. The van der Waals surface area contributed by atoms with Gasteiger partial charge in [-0.15, -0.1) is 0 Å². The van der Waals surface area contributed by atoms with Crippen molar-refractivity contribution in [1.29, 1.82) is 0 Å². The Kier molecular flexibility index (Phi) is 8.56. The van der Waals surface area contributed by atoms with Gasteiger partial charge in [0.2, 0.25) is 5.88 Å². The molecule has 0 aliphatic heterocycles. The van der Waals surface area contributed by atoms with Gasteiger partial charge in [0.15, 0.2) is 5.78 Å². The quantitative estimate of drug-likeness (QED) is 0.251. The van der Waals surface area contributed by atoms with Crippen LogP contribution in [0.5, 0.6) is 11.6 Å². The molecule has 0 unspecified atom stereocenters. The van der Waals surface area contributed by atoms with E-state index < -0.39 is 0 Å². The van der Waals surface area contributed by atoms with Crippen LogP contribution in [0.1, 0.15) is 68.4 Å². The topological polar surface area (TPSA) is 86.5 Å². The first kappa shape index (κ1) is 24.7. The Bertz CT molecular complexity index is 1110. The lowest BCUT2D eigenvalue weighted by Gasteiger charge is -2.27. The number of ether oxygens (including phenoxy) is 2. The van der Waals surface area contributed by atoms with Crippen molar-refractivity contribution in [3.05, 3.63) is 46.7 Å². The molecular weight excluding hydrogens is 498 g/mol. The van der Waals surface area contributed by atoms with E-state index in [2.05, 4.69) is 37.9 Å². The largest absolute Gasteiger partial charge is 0.492 e. The lowest BCUT2D eigenvalue weighted by Crippen LogP contribution is -2.20. The molecule has 8 heteroatoms. The Hall–Kier alpha value is -2.45. The number of pyridine rings is 1. The fourth-order valence-electron chi connectivity index (χ4n) is 4.36. The lowest BCUT2D eigenvalue weighted by molar-refractivity contribution is 0.101. The molecule has 0 saturated heterocycles. The number of aliphatic hydroxyl groups excluding tert-OH is 1. The summed E-state index contributed by atoms with van der Waals surface area (Å²) < 4.78 is 14.7. The first-order valence-corrected chi connectivity index (χ1v) is 12.9. The van der Waals surface area contributed by atoms with E-state index in [4.69, 9.17) is 14.6 Å². The van der Waals surface area contributed by atoms with E-state index in [1.807, 2.05) is 6.07 Å². The third-order valence-electron chi connectivity index (χ3n) is 6.40. The number of carbonyl (C=O) groups is 1. The summed E-state index contributed by atoms with van der Waals surface area (Å²) >= 11 is 3.64. The summed E-state index contributed by atoms with van der Waals surface area (Å²) in [6.07, 6.45) is 9.13. The van der Waals surface area contributed by atoms with Crippen LogP contribution >= 0.6 is 15.9 Å². The van der Waals surface area contributed by atoms with Crippen molar-refractivity contribution in [1.82, 2.24) is 14.8 Å². The molecule has 3 aromatic rings. The number of fused-ring (bicyclic) bond motifs is 1. The SMILES string of the molecule is CC(=O)c1cccc(OCCCCCOc2cc3nn([C@H]4CC[C@H](CO)CC4)cc3cc2Br)n1. The standard InChI is InChI=1S/C26H32BrN3O4/c1-18(32)23-6-5-7-26(28-23)34-13-4-2-3-12-33-25-15-24-20(14-22(25)27)16-30(29-24)21-10-8-19(17-31)9-11-21/h5-7,14-16,19,21,31H,2-4,8-13,17H2,1H3/t19-,21-. The summed E-state index contributed by atoms with van der Waals surface area (Å²) in [6, 6.07) is 9.73. The van der Waals surface area contributed by atoms with Crippen LogP contribution in [0.4, 0.5) is 0 Å². The zero-order chi connectivity index (χ0) is 23.9. The average molecular weight is 530 g/mol. The van der Waals surface area contributed by atoms with Crippen LogP contribution in [0.2, 0.25) is 0 Å². The van der Waals surface area contributed by atoms with Gasteiger partial charge in [0.1, 0.15) is 11.4 Å². The van der Waals surface area contributed by atoms with Crippen LogP contribution in [0.3, 0.4) is 0 Å². The number of hydrogen-bond acceptors (Lipinski definition) is 6. The van der Waals surface area contributed by atoms with Gasteiger partial charge in [-0.1, -0.05) is 6.07 Å². The molecule has 1 aliphatic carbocycles. The molecule has 1 aromatic carbocycles. The maximum atomic E-state index is 11.4. The Balaban J connectivity index is 1.21. The molecular formula is C26H32BrN3O4. The van der Waals surface area contributed by atoms with Crippen molar-refractivity contribution in [3.63, 3.8) is 0 Å². The van der Waals surface area contributed by atoms with Gasteiger partial charge in [0.05, 0.1) is 29.2 Å². The molecule has 0 radical (unpaired) electrons. The number of unbranched alkanes of at least 4 members (excludes halogenated alkanes) is 2. The van der Waals surface area contributed by atoms with Crippen molar-refractivity contribution >= 4 is 32.6 Å². The van der Waals surface area contributed by atoms with Gasteiger partial charge in [-0.05, 0) is 78.9 Å².